The van der Waals surface area contributed by atoms with Crippen LogP contribution in [0.5, 0.6) is 5.75 Å². The van der Waals surface area contributed by atoms with Crippen LogP contribution in [0.3, 0.4) is 0 Å². The van der Waals surface area contributed by atoms with E-state index in [2.05, 4.69) is 0 Å². The SMILES string of the molecule is CC(=O)N1CCC(C(=O)N2CCC(Oc3cc(C)oc(=O)c3)CC2)CC1. The van der Waals surface area contributed by atoms with Crippen molar-refractivity contribution < 1.29 is 18.7 Å². The third-order valence-electron chi connectivity index (χ3n) is 5.21. The Morgan fingerprint density at radius 2 is 1.65 bits per heavy atom. The van der Waals surface area contributed by atoms with Gasteiger partial charge in [0, 0.05) is 57.9 Å². The normalized spacial score (nSPS) is 19.5. The molecule has 0 aliphatic carbocycles. The molecule has 0 bridgehead atoms. The zero-order valence-electron chi connectivity index (χ0n) is 15.4. The van der Waals surface area contributed by atoms with Crippen LogP contribution < -0.4 is 10.4 Å². The molecule has 142 valence electrons. The maximum atomic E-state index is 12.7. The van der Waals surface area contributed by atoms with Gasteiger partial charge in [0.25, 0.3) is 0 Å². The zero-order valence-corrected chi connectivity index (χ0v) is 15.4. The smallest absolute Gasteiger partial charge is 0.339 e. The van der Waals surface area contributed by atoms with Crippen LogP contribution >= 0.6 is 0 Å². The van der Waals surface area contributed by atoms with Gasteiger partial charge in [0.2, 0.25) is 11.8 Å². The van der Waals surface area contributed by atoms with Crippen LogP contribution in [0.4, 0.5) is 0 Å². The summed E-state index contributed by atoms with van der Waals surface area (Å²) < 4.78 is 10.8. The van der Waals surface area contributed by atoms with E-state index in [-0.39, 0.29) is 23.8 Å². The second-order valence-corrected chi connectivity index (χ2v) is 7.15. The van der Waals surface area contributed by atoms with Crippen LogP contribution in [0, 0.1) is 12.8 Å². The second-order valence-electron chi connectivity index (χ2n) is 7.15. The summed E-state index contributed by atoms with van der Waals surface area (Å²) >= 11 is 0. The predicted octanol–water partition coefficient (Wildman–Crippen LogP) is 1.58. The standard InChI is InChI=1S/C19H26N2O5/c1-13-11-17(12-18(23)25-13)26-16-5-9-21(10-6-16)19(24)15-3-7-20(8-4-15)14(2)22/h11-12,15-16H,3-10H2,1-2H3. The van der Waals surface area contributed by atoms with Crippen molar-refractivity contribution in [3.8, 4) is 5.75 Å². The summed E-state index contributed by atoms with van der Waals surface area (Å²) in [5.74, 6) is 1.35. The van der Waals surface area contributed by atoms with E-state index in [1.165, 1.54) is 6.07 Å². The third kappa shape index (κ3) is 4.45. The Balaban J connectivity index is 1.48. The van der Waals surface area contributed by atoms with Gasteiger partial charge >= 0.3 is 5.63 Å². The van der Waals surface area contributed by atoms with Crippen LogP contribution in [-0.4, -0.2) is 53.9 Å². The van der Waals surface area contributed by atoms with Crippen molar-refractivity contribution in [3.05, 3.63) is 28.3 Å². The van der Waals surface area contributed by atoms with Gasteiger partial charge in [-0.05, 0) is 19.8 Å². The molecule has 0 atom stereocenters. The summed E-state index contributed by atoms with van der Waals surface area (Å²) in [6.07, 6.45) is 2.98. The lowest BCUT2D eigenvalue weighted by Crippen LogP contribution is -2.47. The molecule has 7 heteroatoms. The largest absolute Gasteiger partial charge is 0.490 e. The first-order chi connectivity index (χ1) is 12.4. The molecule has 3 heterocycles. The van der Waals surface area contributed by atoms with Gasteiger partial charge in [-0.15, -0.1) is 0 Å². The van der Waals surface area contributed by atoms with E-state index in [0.29, 0.717) is 37.7 Å². The maximum absolute atomic E-state index is 12.7. The molecule has 0 aromatic carbocycles. The van der Waals surface area contributed by atoms with Crippen LogP contribution in [0.1, 0.15) is 38.4 Å². The first-order valence-electron chi connectivity index (χ1n) is 9.25. The number of hydrogen-bond acceptors (Lipinski definition) is 5. The molecule has 0 spiro atoms. The highest BCUT2D eigenvalue weighted by atomic mass is 16.5. The van der Waals surface area contributed by atoms with Crippen LogP contribution in [0.15, 0.2) is 21.3 Å². The lowest BCUT2D eigenvalue weighted by molar-refractivity contribution is -0.141. The van der Waals surface area contributed by atoms with Crippen LogP contribution in [-0.2, 0) is 9.59 Å². The number of amides is 2. The Morgan fingerprint density at radius 1 is 1.04 bits per heavy atom. The average molecular weight is 362 g/mol. The van der Waals surface area contributed by atoms with Crippen molar-refractivity contribution in [2.45, 2.75) is 45.6 Å². The van der Waals surface area contributed by atoms with Crippen molar-refractivity contribution in [2.75, 3.05) is 26.2 Å². The molecule has 0 N–H and O–H groups in total. The van der Waals surface area contributed by atoms with Gasteiger partial charge in [-0.25, -0.2) is 4.79 Å². The molecule has 1 aromatic heterocycles. The summed E-state index contributed by atoms with van der Waals surface area (Å²) in [6, 6.07) is 3.06. The number of carbonyl (C=O) groups is 2. The van der Waals surface area contributed by atoms with E-state index in [4.69, 9.17) is 9.15 Å². The Hall–Kier alpha value is -2.31. The van der Waals surface area contributed by atoms with Crippen LogP contribution in [0.2, 0.25) is 0 Å². The lowest BCUT2D eigenvalue weighted by Gasteiger charge is -2.37. The molecule has 2 aliphatic heterocycles. The minimum atomic E-state index is -0.412. The summed E-state index contributed by atoms with van der Waals surface area (Å²) in [6.45, 7) is 5.95. The van der Waals surface area contributed by atoms with Gasteiger partial charge in [-0.3, -0.25) is 9.59 Å². The highest BCUT2D eigenvalue weighted by Gasteiger charge is 2.31. The van der Waals surface area contributed by atoms with Gasteiger partial charge in [0.15, 0.2) is 0 Å². The van der Waals surface area contributed by atoms with Crippen LogP contribution in [0.25, 0.3) is 0 Å². The molecule has 2 fully saturated rings. The van der Waals surface area contributed by atoms with Crippen molar-refractivity contribution >= 4 is 11.8 Å². The molecular weight excluding hydrogens is 336 g/mol. The molecule has 0 unspecified atom stereocenters. The number of rotatable bonds is 3. The van der Waals surface area contributed by atoms with Crippen molar-refractivity contribution in [2.24, 2.45) is 5.92 Å². The summed E-state index contributed by atoms with van der Waals surface area (Å²) in [5.41, 5.74) is -0.412. The number of ether oxygens (including phenoxy) is 1. The molecule has 2 aliphatic rings. The number of nitrogens with zero attached hydrogens (tertiary/aromatic N) is 2. The summed E-state index contributed by atoms with van der Waals surface area (Å²) in [4.78, 5) is 39.2. The minimum Gasteiger partial charge on any atom is -0.490 e. The van der Waals surface area contributed by atoms with E-state index in [1.807, 2.05) is 9.80 Å². The fourth-order valence-electron chi connectivity index (χ4n) is 3.73. The lowest BCUT2D eigenvalue weighted by atomic mass is 9.94. The highest BCUT2D eigenvalue weighted by molar-refractivity contribution is 5.79. The highest BCUT2D eigenvalue weighted by Crippen LogP contribution is 2.24. The quantitative estimate of drug-likeness (QED) is 0.815. The molecular formula is C19H26N2O5. The van der Waals surface area contributed by atoms with E-state index in [1.54, 1.807) is 19.9 Å². The minimum absolute atomic E-state index is 0.000176. The molecule has 26 heavy (non-hydrogen) atoms. The van der Waals surface area contributed by atoms with Crippen molar-refractivity contribution in [1.82, 2.24) is 9.80 Å². The first-order valence-corrected chi connectivity index (χ1v) is 9.25. The van der Waals surface area contributed by atoms with Gasteiger partial charge < -0.3 is 19.0 Å². The molecule has 0 radical (unpaired) electrons. The predicted molar refractivity (Wildman–Crippen MR) is 94.9 cm³/mol. The molecule has 1 aromatic rings. The Kier molecular flexibility index (Phi) is 5.64. The van der Waals surface area contributed by atoms with Crippen molar-refractivity contribution in [1.29, 1.82) is 0 Å². The van der Waals surface area contributed by atoms with Gasteiger partial charge in [-0.2, -0.15) is 0 Å². The van der Waals surface area contributed by atoms with Gasteiger partial charge in [-0.1, -0.05) is 0 Å². The van der Waals surface area contributed by atoms with E-state index in [9.17, 15) is 14.4 Å². The first kappa shape index (κ1) is 18.5. The Morgan fingerprint density at radius 3 is 2.23 bits per heavy atom. The number of piperidine rings is 2. The third-order valence-corrected chi connectivity index (χ3v) is 5.21. The van der Waals surface area contributed by atoms with Gasteiger partial charge in [0.05, 0.1) is 6.07 Å². The summed E-state index contributed by atoms with van der Waals surface area (Å²) in [5, 5.41) is 0. The number of carbonyl (C=O) groups excluding carboxylic acids is 2. The van der Waals surface area contributed by atoms with E-state index < -0.39 is 5.63 Å². The molecule has 2 amide bonds. The topological polar surface area (TPSA) is 80.1 Å². The Bertz CT molecular complexity index is 713. The fourth-order valence-corrected chi connectivity index (χ4v) is 3.73. The van der Waals surface area contributed by atoms with E-state index in [0.717, 1.165) is 25.7 Å². The second kappa shape index (κ2) is 7.93. The maximum Gasteiger partial charge on any atom is 0.339 e. The molecule has 3 rings (SSSR count). The number of hydrogen-bond donors (Lipinski definition) is 0. The zero-order chi connectivity index (χ0) is 18.7. The monoisotopic (exact) mass is 362 g/mol. The molecule has 7 nitrogen and oxygen atoms in total. The Labute approximate surface area is 152 Å². The molecule has 2 saturated heterocycles. The number of aryl methyl sites for hydroxylation is 1. The van der Waals surface area contributed by atoms with E-state index >= 15 is 0 Å². The summed E-state index contributed by atoms with van der Waals surface area (Å²) in [7, 11) is 0. The molecule has 0 saturated carbocycles. The average Bonchev–Trinajstić information content (AvgIpc) is 2.61. The van der Waals surface area contributed by atoms with Crippen molar-refractivity contribution in [3.63, 3.8) is 0 Å². The fraction of sp³-hybridized carbons (Fsp3) is 0.632. The number of likely N-dealkylation sites (tertiary alicyclic amines) is 2. The van der Waals surface area contributed by atoms with Gasteiger partial charge in [0.1, 0.15) is 17.6 Å².